The molecule has 1 aliphatic rings. The van der Waals surface area contributed by atoms with Crippen LogP contribution >= 0.6 is 27.5 Å². The van der Waals surface area contributed by atoms with Crippen LogP contribution in [-0.4, -0.2) is 4.57 Å². The van der Waals surface area contributed by atoms with Gasteiger partial charge in [0.05, 0.1) is 5.69 Å². The van der Waals surface area contributed by atoms with Crippen LogP contribution in [0.1, 0.15) is 37.6 Å². The van der Waals surface area contributed by atoms with Gasteiger partial charge < -0.3 is 10.3 Å². The van der Waals surface area contributed by atoms with Gasteiger partial charge in [-0.05, 0) is 64.0 Å². The molecule has 20 heavy (non-hydrogen) atoms. The third-order valence-electron chi connectivity index (χ3n) is 4.01. The third kappa shape index (κ3) is 2.43. The summed E-state index contributed by atoms with van der Waals surface area (Å²) < 4.78 is 3.25. The highest BCUT2D eigenvalue weighted by atomic mass is 79.9. The number of nitrogens with two attached hydrogens (primary N) is 1. The number of hydrogen-bond acceptors (Lipinski definition) is 1. The van der Waals surface area contributed by atoms with E-state index in [0.717, 1.165) is 28.0 Å². The second-order valence-corrected chi connectivity index (χ2v) is 7.63. The number of aromatic nitrogens is 1. The largest absolute Gasteiger partial charge is 0.324 e. The molecule has 3 rings (SSSR count). The van der Waals surface area contributed by atoms with Crippen molar-refractivity contribution in [2.45, 2.75) is 32.7 Å². The van der Waals surface area contributed by atoms with Crippen LogP contribution in [-0.2, 0) is 6.42 Å². The minimum atomic E-state index is 0.118. The Balaban J connectivity index is 2.16. The molecule has 2 N–H and O–H groups in total. The molecular weight excluding hydrogens is 336 g/mol. The van der Waals surface area contributed by atoms with Crippen LogP contribution in [0.15, 0.2) is 34.9 Å². The van der Waals surface area contributed by atoms with Crippen molar-refractivity contribution in [2.75, 3.05) is 0 Å². The molecule has 0 amide bonds. The second kappa shape index (κ2) is 4.90. The van der Waals surface area contributed by atoms with Crippen LogP contribution in [0.4, 0.5) is 0 Å². The fraction of sp³-hybridized carbons (Fsp3) is 0.375. The van der Waals surface area contributed by atoms with Crippen LogP contribution < -0.4 is 5.73 Å². The average molecular weight is 354 g/mol. The van der Waals surface area contributed by atoms with Crippen LogP contribution in [0.2, 0.25) is 5.02 Å². The smallest absolute Gasteiger partial charge is 0.0609 e. The van der Waals surface area contributed by atoms with Crippen molar-refractivity contribution in [1.82, 2.24) is 4.57 Å². The molecule has 0 saturated carbocycles. The number of fused-ring (bicyclic) bond motifs is 1. The van der Waals surface area contributed by atoms with Crippen molar-refractivity contribution >= 4 is 27.5 Å². The van der Waals surface area contributed by atoms with E-state index in [-0.39, 0.29) is 11.5 Å². The summed E-state index contributed by atoms with van der Waals surface area (Å²) in [5.74, 6) is 0. The zero-order chi connectivity index (χ0) is 14.5. The van der Waals surface area contributed by atoms with E-state index in [1.165, 1.54) is 11.3 Å². The van der Waals surface area contributed by atoms with Crippen molar-refractivity contribution in [1.29, 1.82) is 0 Å². The summed E-state index contributed by atoms with van der Waals surface area (Å²) in [5, 5.41) is 0.741. The molecule has 0 saturated heterocycles. The Morgan fingerprint density at radius 1 is 1.35 bits per heavy atom. The third-order valence-corrected chi connectivity index (χ3v) is 4.92. The van der Waals surface area contributed by atoms with Crippen molar-refractivity contribution in [3.05, 3.63) is 51.2 Å². The average Bonchev–Trinajstić information content (AvgIpc) is 2.74. The molecule has 1 unspecified atom stereocenters. The van der Waals surface area contributed by atoms with Gasteiger partial charge in [-0.25, -0.2) is 0 Å². The van der Waals surface area contributed by atoms with E-state index in [1.54, 1.807) is 0 Å². The highest BCUT2D eigenvalue weighted by Gasteiger charge is 2.32. The topological polar surface area (TPSA) is 30.9 Å². The lowest BCUT2D eigenvalue weighted by Crippen LogP contribution is -2.30. The van der Waals surface area contributed by atoms with Gasteiger partial charge in [-0.2, -0.15) is 0 Å². The highest BCUT2D eigenvalue weighted by molar-refractivity contribution is 9.10. The summed E-state index contributed by atoms with van der Waals surface area (Å²) in [5.41, 5.74) is 10.2. The first-order valence-corrected chi connectivity index (χ1v) is 7.96. The Morgan fingerprint density at radius 2 is 2.10 bits per heavy atom. The lowest BCUT2D eigenvalue weighted by molar-refractivity contribution is 0.278. The van der Waals surface area contributed by atoms with Crippen LogP contribution in [0.3, 0.4) is 0 Å². The summed E-state index contributed by atoms with van der Waals surface area (Å²) >= 11 is 9.76. The molecule has 0 spiro atoms. The zero-order valence-corrected chi connectivity index (χ0v) is 14.0. The standard InChI is InChI=1S/C16H18BrClN2/c1-16(2)8-13(19)11-5-6-20(15(11)9-16)14-7-10(18)3-4-12(14)17/h3-7,13H,8-9,19H2,1-2H3. The SMILES string of the molecule is CC1(C)Cc2c(ccn2-c2cc(Cl)ccc2Br)C(N)C1. The summed E-state index contributed by atoms with van der Waals surface area (Å²) in [6.07, 6.45) is 4.16. The molecule has 1 aliphatic carbocycles. The van der Waals surface area contributed by atoms with Crippen molar-refractivity contribution < 1.29 is 0 Å². The molecule has 4 heteroatoms. The van der Waals surface area contributed by atoms with Gasteiger partial charge in [0.25, 0.3) is 0 Å². The van der Waals surface area contributed by atoms with Crippen molar-refractivity contribution in [3.8, 4) is 5.69 Å². The molecule has 0 aliphatic heterocycles. The molecule has 106 valence electrons. The molecule has 0 radical (unpaired) electrons. The molecule has 1 aromatic carbocycles. The Labute approximate surface area is 133 Å². The van der Waals surface area contributed by atoms with Crippen LogP contribution in [0.25, 0.3) is 5.69 Å². The fourth-order valence-corrected chi connectivity index (χ4v) is 3.74. The van der Waals surface area contributed by atoms with E-state index in [9.17, 15) is 0 Å². The monoisotopic (exact) mass is 352 g/mol. The maximum absolute atomic E-state index is 6.33. The van der Waals surface area contributed by atoms with Gasteiger partial charge in [0.15, 0.2) is 0 Å². The normalized spacial score (nSPS) is 20.8. The highest BCUT2D eigenvalue weighted by Crippen LogP contribution is 2.41. The van der Waals surface area contributed by atoms with E-state index in [1.807, 2.05) is 18.2 Å². The number of hydrogen-bond donors (Lipinski definition) is 1. The molecule has 2 aromatic rings. The molecule has 1 aromatic heterocycles. The Morgan fingerprint density at radius 3 is 2.85 bits per heavy atom. The van der Waals surface area contributed by atoms with Crippen molar-refractivity contribution in [2.24, 2.45) is 11.1 Å². The maximum atomic E-state index is 6.33. The van der Waals surface area contributed by atoms with E-state index < -0.39 is 0 Å². The Kier molecular flexibility index (Phi) is 3.47. The summed E-state index contributed by atoms with van der Waals surface area (Å²) in [6.45, 7) is 4.56. The van der Waals surface area contributed by atoms with Crippen molar-refractivity contribution in [3.63, 3.8) is 0 Å². The quantitative estimate of drug-likeness (QED) is 0.779. The molecular formula is C16H18BrClN2. The first kappa shape index (κ1) is 14.2. The number of benzene rings is 1. The van der Waals surface area contributed by atoms with Gasteiger partial charge in [0.1, 0.15) is 0 Å². The van der Waals surface area contributed by atoms with E-state index in [0.29, 0.717) is 0 Å². The molecule has 0 fully saturated rings. The maximum Gasteiger partial charge on any atom is 0.0609 e. The van der Waals surface area contributed by atoms with Gasteiger partial charge in [0.2, 0.25) is 0 Å². The lowest BCUT2D eigenvalue weighted by atomic mass is 9.74. The predicted molar refractivity (Wildman–Crippen MR) is 87.5 cm³/mol. The van der Waals surface area contributed by atoms with E-state index in [2.05, 4.69) is 46.6 Å². The first-order chi connectivity index (χ1) is 9.37. The first-order valence-electron chi connectivity index (χ1n) is 6.78. The zero-order valence-electron chi connectivity index (χ0n) is 11.7. The fourth-order valence-electron chi connectivity index (χ4n) is 3.13. The lowest BCUT2D eigenvalue weighted by Gasteiger charge is -2.34. The summed E-state index contributed by atoms with van der Waals surface area (Å²) in [4.78, 5) is 0. The molecule has 2 nitrogen and oxygen atoms in total. The molecule has 1 atom stereocenters. The Hall–Kier alpha value is -0.770. The van der Waals surface area contributed by atoms with Crippen LogP contribution in [0.5, 0.6) is 0 Å². The second-order valence-electron chi connectivity index (χ2n) is 6.34. The molecule has 0 bridgehead atoms. The van der Waals surface area contributed by atoms with Gasteiger partial charge in [0, 0.05) is 27.4 Å². The van der Waals surface area contributed by atoms with Gasteiger partial charge in [-0.15, -0.1) is 0 Å². The number of halogens is 2. The summed E-state index contributed by atoms with van der Waals surface area (Å²) in [7, 11) is 0. The van der Waals surface area contributed by atoms with Crippen LogP contribution in [0, 0.1) is 5.41 Å². The number of rotatable bonds is 1. The van der Waals surface area contributed by atoms with E-state index in [4.69, 9.17) is 17.3 Å². The summed E-state index contributed by atoms with van der Waals surface area (Å²) in [6, 6.07) is 8.12. The minimum absolute atomic E-state index is 0.118. The number of nitrogens with zero attached hydrogens (tertiary/aromatic N) is 1. The predicted octanol–water partition coefficient (Wildman–Crippen LogP) is 4.87. The Bertz CT molecular complexity index is 660. The van der Waals surface area contributed by atoms with E-state index >= 15 is 0 Å². The van der Waals surface area contributed by atoms with Gasteiger partial charge in [-0.1, -0.05) is 25.4 Å². The van der Waals surface area contributed by atoms with Gasteiger partial charge in [-0.3, -0.25) is 0 Å². The molecule has 1 heterocycles. The minimum Gasteiger partial charge on any atom is -0.324 e. The van der Waals surface area contributed by atoms with Gasteiger partial charge >= 0.3 is 0 Å².